The van der Waals surface area contributed by atoms with Crippen LogP contribution in [0.1, 0.15) is 19.8 Å². The molecule has 1 aromatic heterocycles. The first-order chi connectivity index (χ1) is 9.69. The first-order valence-electron chi connectivity index (χ1n) is 6.91. The lowest BCUT2D eigenvalue weighted by atomic mass is 10.2. The molecule has 0 bridgehead atoms. The molecule has 2 aromatic rings. The molecule has 20 heavy (non-hydrogen) atoms. The zero-order valence-corrected chi connectivity index (χ0v) is 11.4. The molecule has 0 saturated carbocycles. The minimum Gasteiger partial charge on any atom is -0.504 e. The van der Waals surface area contributed by atoms with Crippen molar-refractivity contribution in [2.24, 2.45) is 0 Å². The highest BCUT2D eigenvalue weighted by atomic mass is 16.3. The van der Waals surface area contributed by atoms with E-state index in [0.717, 1.165) is 43.7 Å². The maximum atomic E-state index is 9.72. The summed E-state index contributed by atoms with van der Waals surface area (Å²) in [6.45, 7) is 4.63. The van der Waals surface area contributed by atoms with Crippen LogP contribution in [0.25, 0.3) is 10.9 Å². The Hall–Kier alpha value is -2.24. The van der Waals surface area contributed by atoms with E-state index in [1.807, 2.05) is 6.92 Å². The second kappa shape index (κ2) is 5.03. The molecule has 0 radical (unpaired) electrons. The van der Waals surface area contributed by atoms with Gasteiger partial charge >= 0.3 is 0 Å². The van der Waals surface area contributed by atoms with Gasteiger partial charge in [0.2, 0.25) is 5.95 Å². The minimum atomic E-state index is -0.161. The fourth-order valence-electron chi connectivity index (χ4n) is 2.54. The summed E-state index contributed by atoms with van der Waals surface area (Å²) in [5, 5.41) is 23.2. The van der Waals surface area contributed by atoms with E-state index in [9.17, 15) is 10.2 Å². The van der Waals surface area contributed by atoms with Crippen LogP contribution in [-0.4, -0.2) is 39.8 Å². The van der Waals surface area contributed by atoms with Crippen molar-refractivity contribution in [3.05, 3.63) is 12.1 Å². The zero-order valence-electron chi connectivity index (χ0n) is 11.4. The van der Waals surface area contributed by atoms with Gasteiger partial charge in [-0.25, -0.2) is 4.98 Å². The van der Waals surface area contributed by atoms with Crippen molar-refractivity contribution in [2.45, 2.75) is 19.8 Å². The summed E-state index contributed by atoms with van der Waals surface area (Å²) in [6, 6.07) is 3.01. The quantitative estimate of drug-likeness (QED) is 0.743. The van der Waals surface area contributed by atoms with Gasteiger partial charge in [0.15, 0.2) is 11.5 Å². The van der Waals surface area contributed by atoms with Gasteiger partial charge in [0.05, 0.1) is 5.52 Å². The summed E-state index contributed by atoms with van der Waals surface area (Å²) < 4.78 is 0. The third kappa shape index (κ3) is 2.17. The summed E-state index contributed by atoms with van der Waals surface area (Å²) in [4.78, 5) is 11.1. The Morgan fingerprint density at radius 1 is 1.15 bits per heavy atom. The normalized spacial score (nSPS) is 14.9. The van der Waals surface area contributed by atoms with Crippen LogP contribution < -0.4 is 10.2 Å². The second-order valence-corrected chi connectivity index (χ2v) is 4.95. The summed E-state index contributed by atoms with van der Waals surface area (Å²) in [6.07, 6.45) is 2.29. The van der Waals surface area contributed by atoms with Gasteiger partial charge in [-0.2, -0.15) is 4.98 Å². The van der Waals surface area contributed by atoms with Crippen LogP contribution in [0.3, 0.4) is 0 Å². The molecule has 106 valence electrons. The van der Waals surface area contributed by atoms with Crippen molar-refractivity contribution in [3.8, 4) is 11.5 Å². The first-order valence-corrected chi connectivity index (χ1v) is 6.91. The van der Waals surface area contributed by atoms with Gasteiger partial charge in [-0.15, -0.1) is 0 Å². The molecule has 3 N–H and O–H groups in total. The lowest BCUT2D eigenvalue weighted by molar-refractivity contribution is 0.405. The number of aromatic nitrogens is 2. The maximum absolute atomic E-state index is 9.72. The van der Waals surface area contributed by atoms with Crippen LogP contribution >= 0.6 is 0 Å². The Labute approximate surface area is 117 Å². The van der Waals surface area contributed by atoms with E-state index in [2.05, 4.69) is 20.2 Å². The average Bonchev–Trinajstić information content (AvgIpc) is 2.94. The van der Waals surface area contributed by atoms with E-state index in [-0.39, 0.29) is 11.5 Å². The first kappa shape index (κ1) is 12.8. The molecule has 1 aliphatic heterocycles. The number of nitrogens with zero attached hydrogens (tertiary/aromatic N) is 3. The third-order valence-corrected chi connectivity index (χ3v) is 3.51. The van der Waals surface area contributed by atoms with Gasteiger partial charge in [0.1, 0.15) is 5.82 Å². The summed E-state index contributed by atoms with van der Waals surface area (Å²) in [7, 11) is 0. The molecule has 0 unspecified atom stereocenters. The van der Waals surface area contributed by atoms with E-state index in [0.29, 0.717) is 11.5 Å². The maximum Gasteiger partial charge on any atom is 0.225 e. The van der Waals surface area contributed by atoms with Gasteiger partial charge in [-0.1, -0.05) is 0 Å². The van der Waals surface area contributed by atoms with Gasteiger partial charge in [-0.05, 0) is 25.8 Å². The van der Waals surface area contributed by atoms with E-state index in [1.165, 1.54) is 12.1 Å². The van der Waals surface area contributed by atoms with E-state index in [4.69, 9.17) is 0 Å². The van der Waals surface area contributed by atoms with E-state index >= 15 is 0 Å². The van der Waals surface area contributed by atoms with Gasteiger partial charge in [-0.3, -0.25) is 0 Å². The number of hydrogen-bond acceptors (Lipinski definition) is 6. The topological polar surface area (TPSA) is 81.5 Å². The molecule has 6 nitrogen and oxygen atoms in total. The average molecular weight is 274 g/mol. The molecule has 3 rings (SSSR count). The molecule has 6 heteroatoms. The van der Waals surface area contributed by atoms with Crippen molar-refractivity contribution < 1.29 is 10.2 Å². The standard InChI is InChI=1S/C14H18N4O2/c1-2-15-14-16-10-8-12(20)11(19)7-9(10)13(17-14)18-5-3-4-6-18/h7-8,19-20H,2-6H2,1H3,(H,15,16,17). The Bertz CT molecular complexity index is 639. The highest BCUT2D eigenvalue weighted by molar-refractivity contribution is 5.93. The summed E-state index contributed by atoms with van der Waals surface area (Å²) in [5.41, 5.74) is 0.633. The molecular formula is C14H18N4O2. The number of rotatable bonds is 3. The van der Waals surface area contributed by atoms with Crippen LogP contribution in [0.4, 0.5) is 11.8 Å². The Morgan fingerprint density at radius 2 is 1.85 bits per heavy atom. The van der Waals surface area contributed by atoms with Crippen molar-refractivity contribution in [3.63, 3.8) is 0 Å². The van der Waals surface area contributed by atoms with Crippen LogP contribution in [-0.2, 0) is 0 Å². The predicted octanol–water partition coefficient (Wildman–Crippen LogP) is 2.07. The van der Waals surface area contributed by atoms with Crippen LogP contribution in [0, 0.1) is 0 Å². The molecule has 0 aliphatic carbocycles. The number of benzene rings is 1. The largest absolute Gasteiger partial charge is 0.504 e. The zero-order chi connectivity index (χ0) is 14.1. The van der Waals surface area contributed by atoms with Crippen molar-refractivity contribution in [1.82, 2.24) is 9.97 Å². The number of fused-ring (bicyclic) bond motifs is 1. The van der Waals surface area contributed by atoms with Crippen LogP contribution in [0.2, 0.25) is 0 Å². The van der Waals surface area contributed by atoms with Crippen molar-refractivity contribution >= 4 is 22.7 Å². The summed E-state index contributed by atoms with van der Waals surface area (Å²) >= 11 is 0. The highest BCUT2D eigenvalue weighted by Crippen LogP contribution is 2.35. The molecule has 1 aliphatic rings. The number of phenols is 2. The Morgan fingerprint density at radius 3 is 2.55 bits per heavy atom. The SMILES string of the molecule is CCNc1nc(N2CCCC2)c2cc(O)c(O)cc2n1. The molecule has 1 saturated heterocycles. The second-order valence-electron chi connectivity index (χ2n) is 4.95. The molecule has 0 spiro atoms. The number of aromatic hydroxyl groups is 2. The van der Waals surface area contributed by atoms with Crippen molar-refractivity contribution in [2.75, 3.05) is 29.9 Å². The van der Waals surface area contributed by atoms with Crippen LogP contribution in [0.15, 0.2) is 12.1 Å². The van der Waals surface area contributed by atoms with Gasteiger partial charge in [0.25, 0.3) is 0 Å². The number of phenolic OH excluding ortho intramolecular Hbond substituents is 2. The smallest absolute Gasteiger partial charge is 0.225 e. The van der Waals surface area contributed by atoms with E-state index in [1.54, 1.807) is 0 Å². The fourth-order valence-corrected chi connectivity index (χ4v) is 2.54. The molecule has 0 amide bonds. The third-order valence-electron chi connectivity index (χ3n) is 3.51. The lowest BCUT2D eigenvalue weighted by Gasteiger charge is -2.19. The lowest BCUT2D eigenvalue weighted by Crippen LogP contribution is -2.20. The highest BCUT2D eigenvalue weighted by Gasteiger charge is 2.19. The Balaban J connectivity index is 2.19. The minimum absolute atomic E-state index is 0.141. The number of hydrogen-bond donors (Lipinski definition) is 3. The number of anilines is 2. The predicted molar refractivity (Wildman–Crippen MR) is 78.5 cm³/mol. The molecule has 0 atom stereocenters. The van der Waals surface area contributed by atoms with Gasteiger partial charge < -0.3 is 20.4 Å². The van der Waals surface area contributed by atoms with Crippen molar-refractivity contribution in [1.29, 1.82) is 0 Å². The molecule has 1 aromatic carbocycles. The van der Waals surface area contributed by atoms with Gasteiger partial charge in [0, 0.05) is 31.1 Å². The molecule has 2 heterocycles. The molecular weight excluding hydrogens is 256 g/mol. The molecule has 1 fully saturated rings. The monoisotopic (exact) mass is 274 g/mol. The fraction of sp³-hybridized carbons (Fsp3) is 0.429. The summed E-state index contributed by atoms with van der Waals surface area (Å²) in [5.74, 6) is 1.06. The number of nitrogens with one attached hydrogen (secondary N) is 1. The van der Waals surface area contributed by atoms with E-state index < -0.39 is 0 Å². The Kier molecular flexibility index (Phi) is 3.22. The van der Waals surface area contributed by atoms with Crippen LogP contribution in [0.5, 0.6) is 11.5 Å².